The molecule has 0 spiro atoms. The molecule has 2 aromatic rings. The summed E-state index contributed by atoms with van der Waals surface area (Å²) in [6, 6.07) is 10.9. The fourth-order valence-corrected chi connectivity index (χ4v) is 6.72. The predicted octanol–water partition coefficient (Wildman–Crippen LogP) is 3.40. The van der Waals surface area contributed by atoms with Gasteiger partial charge in [-0.05, 0) is 31.4 Å². The lowest BCUT2D eigenvalue weighted by Crippen LogP contribution is -2.73. The van der Waals surface area contributed by atoms with Gasteiger partial charge in [-0.15, -0.1) is 0 Å². The van der Waals surface area contributed by atoms with Crippen LogP contribution in [0.15, 0.2) is 36.7 Å². The maximum Gasteiger partial charge on any atom is 0.269 e. The van der Waals surface area contributed by atoms with Gasteiger partial charge in [0.15, 0.2) is 0 Å². The number of nitro benzene ring substituents is 1. The number of rotatable bonds is 3. The average molecular weight is 441 g/mol. The minimum Gasteiger partial charge on any atom is -0.367 e. The predicted molar refractivity (Wildman–Crippen MR) is 119 cm³/mol. The molecule has 2 bridgehead atoms. The fraction of sp³-hybridized carbons (Fsp3) is 0.545. The Morgan fingerprint density at radius 1 is 1.13 bits per heavy atom. The number of anilines is 2. The monoisotopic (exact) mass is 440 g/mol. The number of hydrogen-bond acceptors (Lipinski definition) is 7. The maximum absolute atomic E-state index is 11.0. The Morgan fingerprint density at radius 2 is 1.94 bits per heavy atom. The lowest BCUT2D eigenvalue weighted by molar-refractivity contribution is -0.384. The fourth-order valence-electron chi connectivity index (χ4n) is 6.58. The van der Waals surface area contributed by atoms with Crippen LogP contribution in [-0.2, 0) is 0 Å². The summed E-state index contributed by atoms with van der Waals surface area (Å²) in [7, 11) is 0. The molecule has 2 saturated carbocycles. The van der Waals surface area contributed by atoms with Crippen molar-refractivity contribution < 1.29 is 4.92 Å². The molecule has 162 valence electrons. The molecule has 8 nitrogen and oxygen atoms in total. The molecular formula is C22H25ClN6O2. The number of nitrogens with zero attached hydrogens (tertiary/aromatic N) is 5. The van der Waals surface area contributed by atoms with Crippen molar-refractivity contribution >= 4 is 28.8 Å². The first-order valence-corrected chi connectivity index (χ1v) is 11.5. The molecule has 2 saturated heterocycles. The van der Waals surface area contributed by atoms with E-state index in [0.717, 1.165) is 24.5 Å². The molecule has 0 amide bonds. The molecule has 2 aliphatic heterocycles. The molecular weight excluding hydrogens is 416 g/mol. The van der Waals surface area contributed by atoms with Crippen LogP contribution >= 0.6 is 11.6 Å². The summed E-state index contributed by atoms with van der Waals surface area (Å²) in [5.41, 5.74) is 1.21. The normalized spacial score (nSPS) is 33.8. The van der Waals surface area contributed by atoms with Crippen LogP contribution in [0.25, 0.3) is 0 Å². The summed E-state index contributed by atoms with van der Waals surface area (Å²) in [5.74, 6) is 1.46. The van der Waals surface area contributed by atoms with Gasteiger partial charge in [-0.2, -0.15) is 0 Å². The largest absolute Gasteiger partial charge is 0.367 e. The first-order valence-electron chi connectivity index (χ1n) is 11.1. The first kappa shape index (κ1) is 19.3. The topological polar surface area (TPSA) is 87.4 Å². The number of nitrogens with one attached hydrogen (secondary N) is 1. The summed E-state index contributed by atoms with van der Waals surface area (Å²) in [6.07, 6.45) is 7.55. The number of halogens is 1. The summed E-state index contributed by atoms with van der Waals surface area (Å²) >= 11 is 6.25. The van der Waals surface area contributed by atoms with Crippen LogP contribution in [0.5, 0.6) is 0 Å². The van der Waals surface area contributed by atoms with Crippen molar-refractivity contribution in [2.75, 3.05) is 16.3 Å². The highest BCUT2D eigenvalue weighted by atomic mass is 35.5. The minimum absolute atomic E-state index is 0.138. The van der Waals surface area contributed by atoms with Gasteiger partial charge in [0.2, 0.25) is 0 Å². The smallest absolute Gasteiger partial charge is 0.269 e. The van der Waals surface area contributed by atoms with Crippen LogP contribution in [0.3, 0.4) is 0 Å². The second-order valence-electron chi connectivity index (χ2n) is 9.24. The van der Waals surface area contributed by atoms with Gasteiger partial charge in [-0.3, -0.25) is 10.1 Å². The van der Waals surface area contributed by atoms with E-state index in [2.05, 4.69) is 25.1 Å². The molecule has 1 aromatic heterocycles. The molecule has 1 unspecified atom stereocenters. The van der Waals surface area contributed by atoms with Gasteiger partial charge < -0.3 is 15.1 Å². The Hall–Kier alpha value is -2.45. The number of fused-ring (bicyclic) bond motifs is 6. The Kier molecular flexibility index (Phi) is 4.54. The number of hydrogen-bond donors (Lipinski definition) is 1. The van der Waals surface area contributed by atoms with Crippen LogP contribution in [0, 0.1) is 16.0 Å². The SMILES string of the molecule is O=[N+]([O-])c1ccc(N2C[C@H]3C[C@@H]2[C@H]2N[C@@H]4CCCC[C@H]4N(c4cc(Cl)ncn4)C32)cc1. The van der Waals surface area contributed by atoms with Gasteiger partial charge in [0.05, 0.1) is 11.0 Å². The molecule has 3 heterocycles. The first-order chi connectivity index (χ1) is 15.1. The zero-order valence-corrected chi connectivity index (χ0v) is 17.9. The Labute approximate surface area is 185 Å². The molecule has 0 radical (unpaired) electrons. The maximum atomic E-state index is 11.0. The molecule has 2 aliphatic carbocycles. The van der Waals surface area contributed by atoms with Crippen LogP contribution in [0.4, 0.5) is 17.2 Å². The van der Waals surface area contributed by atoms with Crippen molar-refractivity contribution in [1.29, 1.82) is 0 Å². The third-order valence-electron chi connectivity index (χ3n) is 7.73. The van der Waals surface area contributed by atoms with Crippen molar-refractivity contribution in [1.82, 2.24) is 15.3 Å². The number of non-ortho nitro benzene ring substituents is 1. The highest BCUT2D eigenvalue weighted by molar-refractivity contribution is 6.29. The molecule has 31 heavy (non-hydrogen) atoms. The van der Waals surface area contributed by atoms with Gasteiger partial charge in [0.1, 0.15) is 17.3 Å². The van der Waals surface area contributed by atoms with Gasteiger partial charge in [0, 0.05) is 60.5 Å². The highest BCUT2D eigenvalue weighted by Gasteiger charge is 2.58. The molecule has 6 rings (SSSR count). The number of benzene rings is 1. The van der Waals surface area contributed by atoms with Crippen molar-refractivity contribution in [3.63, 3.8) is 0 Å². The summed E-state index contributed by atoms with van der Waals surface area (Å²) in [4.78, 5) is 24.4. The third-order valence-corrected chi connectivity index (χ3v) is 7.94. The van der Waals surface area contributed by atoms with Crippen LogP contribution in [0.1, 0.15) is 32.1 Å². The van der Waals surface area contributed by atoms with Gasteiger partial charge in [0.25, 0.3) is 5.69 Å². The Bertz CT molecular complexity index is 1000. The quantitative estimate of drug-likeness (QED) is 0.444. The lowest BCUT2D eigenvalue weighted by atomic mass is 9.81. The number of aromatic nitrogens is 2. The zero-order valence-electron chi connectivity index (χ0n) is 17.1. The standard InChI is InChI=1S/C22H25ClN6O2/c23-19-10-20(25-12-24-19)28-17-4-2-1-3-16(17)26-21-18-9-13(22(21)28)11-27(18)14-5-7-15(8-6-14)29(30)31/h5-8,10,12-13,16-18,21-22,26H,1-4,9,11H2/t13-,16-,17-,18-,21-,22?/m1/s1. The second kappa shape index (κ2) is 7.31. The van der Waals surface area contributed by atoms with Gasteiger partial charge >= 0.3 is 0 Å². The Morgan fingerprint density at radius 3 is 2.71 bits per heavy atom. The number of piperazine rings is 1. The van der Waals surface area contributed by atoms with Crippen LogP contribution in [-0.4, -0.2) is 51.6 Å². The van der Waals surface area contributed by atoms with Gasteiger partial charge in [-0.25, -0.2) is 9.97 Å². The van der Waals surface area contributed by atoms with Crippen LogP contribution < -0.4 is 15.1 Å². The number of piperidine rings is 1. The molecule has 4 fully saturated rings. The van der Waals surface area contributed by atoms with E-state index >= 15 is 0 Å². The van der Waals surface area contributed by atoms with E-state index in [1.807, 2.05) is 18.2 Å². The molecule has 1 N–H and O–H groups in total. The zero-order chi connectivity index (χ0) is 21.1. The van der Waals surface area contributed by atoms with E-state index in [1.165, 1.54) is 25.7 Å². The average Bonchev–Trinajstić information content (AvgIpc) is 3.37. The van der Waals surface area contributed by atoms with Crippen molar-refractivity contribution in [3.8, 4) is 0 Å². The molecule has 1 aromatic carbocycles. The molecule has 9 heteroatoms. The minimum atomic E-state index is -0.341. The third kappa shape index (κ3) is 3.07. The van der Waals surface area contributed by atoms with Crippen LogP contribution in [0.2, 0.25) is 5.15 Å². The Balaban J connectivity index is 1.33. The molecule has 4 aliphatic rings. The lowest BCUT2D eigenvalue weighted by Gasteiger charge is -2.56. The van der Waals surface area contributed by atoms with Crippen molar-refractivity contribution in [2.45, 2.75) is 62.3 Å². The van der Waals surface area contributed by atoms with Gasteiger partial charge in [-0.1, -0.05) is 24.4 Å². The van der Waals surface area contributed by atoms with E-state index in [1.54, 1.807) is 18.5 Å². The van der Waals surface area contributed by atoms with E-state index < -0.39 is 0 Å². The number of nitro groups is 1. The second-order valence-corrected chi connectivity index (χ2v) is 9.62. The van der Waals surface area contributed by atoms with E-state index in [4.69, 9.17) is 11.6 Å². The van der Waals surface area contributed by atoms with E-state index in [0.29, 0.717) is 41.3 Å². The van der Waals surface area contributed by atoms with E-state index in [-0.39, 0.29) is 10.6 Å². The summed E-state index contributed by atoms with van der Waals surface area (Å²) < 4.78 is 0. The summed E-state index contributed by atoms with van der Waals surface area (Å²) in [6.45, 7) is 0.956. The summed E-state index contributed by atoms with van der Waals surface area (Å²) in [5, 5.41) is 15.5. The van der Waals surface area contributed by atoms with Crippen molar-refractivity contribution in [3.05, 3.63) is 51.9 Å². The van der Waals surface area contributed by atoms with Crippen molar-refractivity contribution in [2.24, 2.45) is 5.92 Å². The molecule has 6 atom stereocenters. The highest BCUT2D eigenvalue weighted by Crippen LogP contribution is 2.48. The van der Waals surface area contributed by atoms with E-state index in [9.17, 15) is 10.1 Å².